The Labute approximate surface area is 134 Å². The van der Waals surface area contributed by atoms with Crippen LogP contribution in [0.5, 0.6) is 0 Å². The van der Waals surface area contributed by atoms with Gasteiger partial charge in [0.1, 0.15) is 6.04 Å². The number of nitrogens with zero attached hydrogens (tertiary/aromatic N) is 1. The van der Waals surface area contributed by atoms with Crippen LogP contribution in [0.1, 0.15) is 29.8 Å². The van der Waals surface area contributed by atoms with Gasteiger partial charge in [-0.1, -0.05) is 17.7 Å². The van der Waals surface area contributed by atoms with E-state index in [9.17, 15) is 14.4 Å². The van der Waals surface area contributed by atoms with Crippen molar-refractivity contribution >= 4 is 29.4 Å². The molecule has 6 nitrogen and oxygen atoms in total. The number of carbonyl (C=O) groups excluding carboxylic acids is 2. The first-order valence-corrected chi connectivity index (χ1v) is 7.16. The summed E-state index contributed by atoms with van der Waals surface area (Å²) in [5.74, 6) is -1.80. The van der Waals surface area contributed by atoms with Crippen molar-refractivity contribution in [1.82, 2.24) is 10.2 Å². The molecule has 22 heavy (non-hydrogen) atoms. The lowest BCUT2D eigenvalue weighted by atomic mass is 10.1. The topological polar surface area (TPSA) is 86.7 Å². The first-order valence-electron chi connectivity index (χ1n) is 6.78. The van der Waals surface area contributed by atoms with Gasteiger partial charge in [-0.15, -0.1) is 0 Å². The van der Waals surface area contributed by atoms with Crippen molar-refractivity contribution < 1.29 is 19.5 Å². The van der Waals surface area contributed by atoms with Crippen LogP contribution in [0.2, 0.25) is 5.02 Å². The number of nitrogens with one attached hydrogen (secondary N) is 1. The van der Waals surface area contributed by atoms with Gasteiger partial charge in [0.25, 0.3) is 5.91 Å². The number of carbonyl (C=O) groups is 3. The van der Waals surface area contributed by atoms with E-state index in [4.69, 9.17) is 16.7 Å². The fourth-order valence-electron chi connectivity index (χ4n) is 1.85. The molecule has 0 heterocycles. The number of benzene rings is 1. The molecule has 120 valence electrons. The highest BCUT2D eigenvalue weighted by Gasteiger charge is 2.26. The molecule has 0 aliphatic carbocycles. The minimum atomic E-state index is -1.12. The lowest BCUT2D eigenvalue weighted by molar-refractivity contribution is -0.141. The van der Waals surface area contributed by atoms with Crippen LogP contribution in [0.25, 0.3) is 0 Å². The molecule has 2 N–H and O–H groups in total. The summed E-state index contributed by atoms with van der Waals surface area (Å²) in [5, 5.41) is 12.1. The lowest BCUT2D eigenvalue weighted by Gasteiger charge is -2.26. The maximum atomic E-state index is 12.5. The van der Waals surface area contributed by atoms with E-state index in [2.05, 4.69) is 5.32 Å². The summed E-state index contributed by atoms with van der Waals surface area (Å²) in [6.07, 6.45) is 0. The van der Waals surface area contributed by atoms with E-state index in [-0.39, 0.29) is 19.0 Å². The predicted octanol–water partition coefficient (Wildman–Crippen LogP) is 1.70. The fourth-order valence-corrected chi connectivity index (χ4v) is 2.03. The van der Waals surface area contributed by atoms with Gasteiger partial charge in [0.15, 0.2) is 0 Å². The summed E-state index contributed by atoms with van der Waals surface area (Å²) in [5.41, 5.74) is 1.14. The van der Waals surface area contributed by atoms with Crippen LogP contribution in [0.15, 0.2) is 18.2 Å². The van der Waals surface area contributed by atoms with E-state index in [1.165, 1.54) is 24.8 Å². The number of carboxylic acids is 1. The Morgan fingerprint density at radius 1 is 1.36 bits per heavy atom. The highest BCUT2D eigenvalue weighted by atomic mass is 35.5. The van der Waals surface area contributed by atoms with Crippen molar-refractivity contribution in [3.05, 3.63) is 34.3 Å². The predicted molar refractivity (Wildman–Crippen MR) is 83.0 cm³/mol. The molecule has 0 bridgehead atoms. The summed E-state index contributed by atoms with van der Waals surface area (Å²) in [4.78, 5) is 35.8. The van der Waals surface area contributed by atoms with Gasteiger partial charge in [0, 0.05) is 30.6 Å². The van der Waals surface area contributed by atoms with Crippen LogP contribution in [0, 0.1) is 6.92 Å². The highest BCUT2D eigenvalue weighted by molar-refractivity contribution is 6.31. The zero-order valence-electron chi connectivity index (χ0n) is 12.7. The van der Waals surface area contributed by atoms with Crippen molar-refractivity contribution in [3.8, 4) is 0 Å². The van der Waals surface area contributed by atoms with Crippen molar-refractivity contribution in [1.29, 1.82) is 0 Å². The molecule has 0 saturated carbocycles. The minimum absolute atomic E-state index is 0.0946. The third-order valence-corrected chi connectivity index (χ3v) is 3.64. The minimum Gasteiger partial charge on any atom is -0.480 e. The van der Waals surface area contributed by atoms with E-state index in [1.54, 1.807) is 12.1 Å². The molecule has 0 spiro atoms. The molecule has 1 aromatic carbocycles. The van der Waals surface area contributed by atoms with Crippen LogP contribution in [0.4, 0.5) is 0 Å². The van der Waals surface area contributed by atoms with E-state index < -0.39 is 17.9 Å². The normalized spacial score (nSPS) is 11.6. The summed E-state index contributed by atoms with van der Waals surface area (Å²) >= 11 is 6.01. The first-order chi connectivity index (χ1) is 10.2. The number of halogens is 1. The number of aryl methyl sites for hydroxylation is 1. The van der Waals surface area contributed by atoms with Gasteiger partial charge in [0.05, 0.1) is 0 Å². The lowest BCUT2D eigenvalue weighted by Crippen LogP contribution is -2.46. The summed E-state index contributed by atoms with van der Waals surface area (Å²) in [6, 6.07) is 3.80. The van der Waals surface area contributed by atoms with E-state index in [0.717, 1.165) is 5.56 Å². The van der Waals surface area contributed by atoms with Gasteiger partial charge in [-0.25, -0.2) is 4.79 Å². The Morgan fingerprint density at radius 2 is 2.00 bits per heavy atom. The van der Waals surface area contributed by atoms with Gasteiger partial charge < -0.3 is 15.3 Å². The van der Waals surface area contributed by atoms with Crippen molar-refractivity contribution in [2.75, 3.05) is 13.1 Å². The number of carboxylic acid groups (broad SMARTS) is 1. The molecule has 1 unspecified atom stereocenters. The van der Waals surface area contributed by atoms with E-state index in [0.29, 0.717) is 10.6 Å². The third-order valence-electron chi connectivity index (χ3n) is 3.23. The largest absolute Gasteiger partial charge is 0.480 e. The molecular weight excluding hydrogens is 308 g/mol. The second-order valence-corrected chi connectivity index (χ2v) is 5.37. The Hall–Kier alpha value is -2.08. The molecule has 0 radical (unpaired) electrons. The van der Waals surface area contributed by atoms with Gasteiger partial charge in [0.2, 0.25) is 5.91 Å². The average molecular weight is 327 g/mol. The third kappa shape index (κ3) is 4.73. The first kappa shape index (κ1) is 18.0. The maximum absolute atomic E-state index is 12.5. The number of hydrogen-bond acceptors (Lipinski definition) is 3. The summed E-state index contributed by atoms with van der Waals surface area (Å²) in [6.45, 7) is 4.86. The number of rotatable bonds is 6. The summed E-state index contributed by atoms with van der Waals surface area (Å²) in [7, 11) is 0. The quantitative estimate of drug-likeness (QED) is 0.833. The van der Waals surface area contributed by atoms with Crippen LogP contribution in [-0.4, -0.2) is 46.9 Å². The monoisotopic (exact) mass is 326 g/mol. The molecule has 2 amide bonds. The van der Waals surface area contributed by atoms with Crippen LogP contribution < -0.4 is 5.32 Å². The Morgan fingerprint density at radius 3 is 2.50 bits per heavy atom. The van der Waals surface area contributed by atoms with Crippen molar-refractivity contribution in [2.24, 2.45) is 0 Å². The zero-order chi connectivity index (χ0) is 16.9. The van der Waals surface area contributed by atoms with E-state index in [1.807, 2.05) is 6.92 Å². The molecule has 0 aliphatic rings. The molecular formula is C15H19ClN2O4. The number of amides is 2. The van der Waals surface area contributed by atoms with Gasteiger partial charge in [-0.3, -0.25) is 9.59 Å². The van der Waals surface area contributed by atoms with Crippen LogP contribution in [0.3, 0.4) is 0 Å². The number of aliphatic carboxylic acids is 1. The molecule has 0 saturated heterocycles. The Bertz CT molecular complexity index is 589. The molecule has 0 fully saturated rings. The fraction of sp³-hybridized carbons (Fsp3) is 0.400. The Balaban J connectivity index is 2.97. The molecule has 1 atom stereocenters. The average Bonchev–Trinajstić information content (AvgIpc) is 2.44. The van der Waals surface area contributed by atoms with Crippen molar-refractivity contribution in [2.45, 2.75) is 26.8 Å². The van der Waals surface area contributed by atoms with Crippen molar-refractivity contribution in [3.63, 3.8) is 0 Å². The van der Waals surface area contributed by atoms with Gasteiger partial charge in [-0.05, 0) is 31.5 Å². The van der Waals surface area contributed by atoms with E-state index >= 15 is 0 Å². The molecule has 1 aromatic rings. The smallest absolute Gasteiger partial charge is 0.326 e. The zero-order valence-corrected chi connectivity index (χ0v) is 13.5. The van der Waals surface area contributed by atoms with Crippen LogP contribution in [-0.2, 0) is 9.59 Å². The molecule has 0 aliphatic heterocycles. The van der Waals surface area contributed by atoms with Crippen LogP contribution >= 0.6 is 11.6 Å². The Kier molecular flexibility index (Phi) is 6.37. The second kappa shape index (κ2) is 7.79. The molecule has 0 aromatic heterocycles. The second-order valence-electron chi connectivity index (χ2n) is 4.96. The molecule has 1 rings (SSSR count). The highest BCUT2D eigenvalue weighted by Crippen LogP contribution is 2.18. The number of hydrogen-bond donors (Lipinski definition) is 2. The maximum Gasteiger partial charge on any atom is 0.326 e. The van der Waals surface area contributed by atoms with Gasteiger partial charge in [-0.2, -0.15) is 0 Å². The summed E-state index contributed by atoms with van der Waals surface area (Å²) < 4.78 is 0. The SMILES string of the molecule is CC(=O)NCCN(C(=O)c1ccc(C)c(Cl)c1)C(C)C(=O)O. The standard InChI is InChI=1S/C15H19ClN2O4/c1-9-4-5-12(8-13(9)16)14(20)18(10(2)15(21)22)7-6-17-11(3)19/h4-5,8,10H,6-7H2,1-3H3,(H,17,19)(H,21,22). The van der Waals surface area contributed by atoms with Gasteiger partial charge >= 0.3 is 5.97 Å². The molecule has 7 heteroatoms.